The van der Waals surface area contributed by atoms with Crippen LogP contribution in [0.15, 0.2) is 53.1 Å². The summed E-state index contributed by atoms with van der Waals surface area (Å²) in [4.78, 5) is 19.4. The molecule has 1 fully saturated rings. The highest BCUT2D eigenvalue weighted by Gasteiger charge is 2.25. The number of benzene rings is 2. The van der Waals surface area contributed by atoms with Crippen molar-refractivity contribution < 1.29 is 13.7 Å². The molecular formula is C26H31FN4O2S. The molecule has 180 valence electrons. The van der Waals surface area contributed by atoms with E-state index < -0.39 is 0 Å². The first-order chi connectivity index (χ1) is 16.6. The third-order valence-electron chi connectivity index (χ3n) is 6.12. The lowest BCUT2D eigenvalue weighted by Gasteiger charge is -2.30. The minimum absolute atomic E-state index is 0.0633. The number of nitrogens with one attached hydrogen (secondary N) is 1. The maximum Gasteiger partial charge on any atom is 0.241 e. The Kier molecular flexibility index (Phi) is 8.71. The van der Waals surface area contributed by atoms with Crippen molar-refractivity contribution >= 4 is 17.7 Å². The number of thioether (sulfide) groups is 1. The summed E-state index contributed by atoms with van der Waals surface area (Å²) in [5.41, 5.74) is 3.23. The Bertz CT molecular complexity index is 1060. The highest BCUT2D eigenvalue weighted by molar-refractivity contribution is 7.98. The van der Waals surface area contributed by atoms with Gasteiger partial charge in [-0.3, -0.25) is 9.69 Å². The molecule has 1 amide bonds. The van der Waals surface area contributed by atoms with Gasteiger partial charge in [-0.25, -0.2) is 4.39 Å². The average Bonchev–Trinajstić information content (AvgIpc) is 3.31. The topological polar surface area (TPSA) is 71.3 Å². The SMILES string of the molecule is Cc1ccccc1-c1noc(CN2CCC(C(=O)NCCCSCc3ccc(F)cc3)CC2)n1. The van der Waals surface area contributed by atoms with Crippen molar-refractivity contribution in [2.24, 2.45) is 5.92 Å². The fourth-order valence-electron chi connectivity index (χ4n) is 4.10. The number of halogens is 1. The molecule has 1 saturated heterocycles. The van der Waals surface area contributed by atoms with Crippen molar-refractivity contribution in [1.82, 2.24) is 20.4 Å². The first kappa shape index (κ1) is 24.4. The summed E-state index contributed by atoms with van der Waals surface area (Å²) in [5, 5.41) is 7.23. The lowest BCUT2D eigenvalue weighted by Crippen LogP contribution is -2.40. The molecule has 0 spiro atoms. The maximum atomic E-state index is 12.9. The number of hydrogen-bond donors (Lipinski definition) is 1. The van der Waals surface area contributed by atoms with Crippen LogP contribution < -0.4 is 5.32 Å². The van der Waals surface area contributed by atoms with Crippen molar-refractivity contribution in [2.45, 2.75) is 38.5 Å². The predicted molar refractivity (Wildman–Crippen MR) is 133 cm³/mol. The second kappa shape index (κ2) is 12.1. The number of amides is 1. The zero-order chi connectivity index (χ0) is 23.8. The van der Waals surface area contributed by atoms with Crippen LogP contribution in [0.5, 0.6) is 0 Å². The first-order valence-corrected chi connectivity index (χ1v) is 12.9. The normalized spacial score (nSPS) is 14.9. The highest BCUT2D eigenvalue weighted by Crippen LogP contribution is 2.22. The van der Waals surface area contributed by atoms with E-state index in [-0.39, 0.29) is 17.6 Å². The molecule has 0 radical (unpaired) electrons. The fraction of sp³-hybridized carbons (Fsp3) is 0.423. The Hall–Kier alpha value is -2.71. The Morgan fingerprint density at radius 2 is 1.94 bits per heavy atom. The number of carbonyl (C=O) groups is 1. The van der Waals surface area contributed by atoms with Gasteiger partial charge in [0.25, 0.3) is 0 Å². The molecule has 3 aromatic rings. The van der Waals surface area contributed by atoms with Gasteiger partial charge in [-0.05, 0) is 68.3 Å². The summed E-state index contributed by atoms with van der Waals surface area (Å²) in [6.45, 7) is 5.02. The Labute approximate surface area is 204 Å². The van der Waals surface area contributed by atoms with Crippen LogP contribution >= 0.6 is 11.8 Å². The number of nitrogens with zero attached hydrogens (tertiary/aromatic N) is 3. The molecule has 0 bridgehead atoms. The third kappa shape index (κ3) is 6.90. The van der Waals surface area contributed by atoms with Crippen LogP contribution in [0, 0.1) is 18.7 Å². The third-order valence-corrected chi connectivity index (χ3v) is 7.23. The van der Waals surface area contributed by atoms with Gasteiger partial charge < -0.3 is 9.84 Å². The van der Waals surface area contributed by atoms with Gasteiger partial charge in [0, 0.05) is 23.8 Å². The van der Waals surface area contributed by atoms with Crippen LogP contribution in [-0.2, 0) is 17.1 Å². The Morgan fingerprint density at radius 1 is 1.18 bits per heavy atom. The molecular weight excluding hydrogens is 451 g/mol. The van der Waals surface area contributed by atoms with Crippen LogP contribution in [0.3, 0.4) is 0 Å². The van der Waals surface area contributed by atoms with Gasteiger partial charge in [-0.2, -0.15) is 16.7 Å². The number of aryl methyl sites for hydroxylation is 1. The molecule has 34 heavy (non-hydrogen) atoms. The number of hydrogen-bond acceptors (Lipinski definition) is 6. The molecule has 4 rings (SSSR count). The molecule has 8 heteroatoms. The van der Waals surface area contributed by atoms with E-state index in [0.717, 1.165) is 60.5 Å². The van der Waals surface area contributed by atoms with Crippen molar-refractivity contribution in [3.63, 3.8) is 0 Å². The second-order valence-corrected chi connectivity index (χ2v) is 9.81. The second-order valence-electron chi connectivity index (χ2n) is 8.70. The van der Waals surface area contributed by atoms with Gasteiger partial charge in [0.1, 0.15) is 5.82 Å². The molecule has 6 nitrogen and oxygen atoms in total. The van der Waals surface area contributed by atoms with Crippen molar-refractivity contribution in [1.29, 1.82) is 0 Å². The molecule has 0 aliphatic carbocycles. The lowest BCUT2D eigenvalue weighted by molar-refractivity contribution is -0.126. The first-order valence-electron chi connectivity index (χ1n) is 11.8. The summed E-state index contributed by atoms with van der Waals surface area (Å²) >= 11 is 1.80. The smallest absolute Gasteiger partial charge is 0.241 e. The molecule has 2 aromatic carbocycles. The van der Waals surface area contributed by atoms with E-state index in [1.54, 1.807) is 11.8 Å². The number of likely N-dealkylation sites (tertiary alicyclic amines) is 1. The molecule has 1 N–H and O–H groups in total. The van der Waals surface area contributed by atoms with Crippen LogP contribution in [0.4, 0.5) is 4.39 Å². The molecule has 1 aromatic heterocycles. The number of piperidine rings is 1. The lowest BCUT2D eigenvalue weighted by atomic mass is 9.96. The molecule has 1 aliphatic heterocycles. The maximum absolute atomic E-state index is 12.9. The van der Waals surface area contributed by atoms with E-state index in [4.69, 9.17) is 4.52 Å². The fourth-order valence-corrected chi connectivity index (χ4v) is 5.02. The number of rotatable bonds is 10. The minimum Gasteiger partial charge on any atom is -0.356 e. The van der Waals surface area contributed by atoms with Gasteiger partial charge >= 0.3 is 0 Å². The molecule has 0 saturated carbocycles. The van der Waals surface area contributed by atoms with Gasteiger partial charge in [0.15, 0.2) is 0 Å². The standard InChI is InChI=1S/C26H31FN4O2S/c1-19-5-2-3-6-23(19)25-29-24(33-30-25)17-31-14-11-21(12-15-31)26(32)28-13-4-16-34-18-20-7-9-22(27)10-8-20/h2-3,5-10,21H,4,11-18H2,1H3,(H,28,32). The van der Waals surface area contributed by atoms with E-state index in [2.05, 4.69) is 20.4 Å². The van der Waals surface area contributed by atoms with Gasteiger partial charge in [0.2, 0.25) is 17.6 Å². The van der Waals surface area contributed by atoms with E-state index in [0.29, 0.717) is 24.8 Å². The van der Waals surface area contributed by atoms with Gasteiger partial charge in [-0.15, -0.1) is 0 Å². The van der Waals surface area contributed by atoms with E-state index in [1.807, 2.05) is 43.3 Å². The Morgan fingerprint density at radius 3 is 2.71 bits per heavy atom. The highest BCUT2D eigenvalue weighted by atomic mass is 32.2. The molecule has 2 heterocycles. The van der Waals surface area contributed by atoms with E-state index in [9.17, 15) is 9.18 Å². The predicted octanol–water partition coefficient (Wildman–Crippen LogP) is 4.84. The van der Waals surface area contributed by atoms with Crippen LogP contribution in [0.1, 0.15) is 36.3 Å². The number of aromatic nitrogens is 2. The van der Waals surface area contributed by atoms with Crippen LogP contribution in [-0.4, -0.2) is 46.3 Å². The minimum atomic E-state index is -0.204. The van der Waals surface area contributed by atoms with E-state index >= 15 is 0 Å². The summed E-state index contributed by atoms with van der Waals surface area (Å²) in [6, 6.07) is 14.6. The van der Waals surface area contributed by atoms with Crippen LogP contribution in [0.25, 0.3) is 11.4 Å². The van der Waals surface area contributed by atoms with Crippen molar-refractivity contribution in [3.8, 4) is 11.4 Å². The van der Waals surface area contributed by atoms with Gasteiger partial charge in [0.05, 0.1) is 6.54 Å². The van der Waals surface area contributed by atoms with E-state index in [1.165, 1.54) is 12.1 Å². The Balaban J connectivity index is 1.11. The van der Waals surface area contributed by atoms with Crippen molar-refractivity contribution in [3.05, 3.63) is 71.4 Å². The number of carbonyl (C=O) groups excluding carboxylic acids is 1. The summed E-state index contributed by atoms with van der Waals surface area (Å²) in [7, 11) is 0. The summed E-state index contributed by atoms with van der Waals surface area (Å²) in [6.07, 6.45) is 2.60. The molecule has 0 unspecified atom stereocenters. The average molecular weight is 483 g/mol. The summed E-state index contributed by atoms with van der Waals surface area (Å²) in [5.74, 6) is 3.07. The largest absolute Gasteiger partial charge is 0.356 e. The van der Waals surface area contributed by atoms with Gasteiger partial charge in [-0.1, -0.05) is 41.6 Å². The van der Waals surface area contributed by atoms with Crippen LogP contribution in [0.2, 0.25) is 0 Å². The monoisotopic (exact) mass is 482 g/mol. The zero-order valence-electron chi connectivity index (χ0n) is 19.5. The quantitative estimate of drug-likeness (QED) is 0.417. The van der Waals surface area contributed by atoms with Crippen molar-refractivity contribution in [2.75, 3.05) is 25.4 Å². The molecule has 0 atom stereocenters. The zero-order valence-corrected chi connectivity index (χ0v) is 20.3. The summed E-state index contributed by atoms with van der Waals surface area (Å²) < 4.78 is 18.4. The molecule has 1 aliphatic rings.